The highest BCUT2D eigenvalue weighted by Gasteiger charge is 2.37. The molecule has 19 heavy (non-hydrogen) atoms. The molecule has 1 N–H and O–H groups in total. The average Bonchev–Trinajstić information content (AvgIpc) is 3.08. The molecule has 1 aliphatic rings. The van der Waals surface area contributed by atoms with Crippen LogP contribution in [0.2, 0.25) is 0 Å². The van der Waals surface area contributed by atoms with Crippen LogP contribution in [0.5, 0.6) is 0 Å². The maximum absolute atomic E-state index is 4.19. The van der Waals surface area contributed by atoms with Crippen LogP contribution in [-0.4, -0.2) is 16.1 Å². The van der Waals surface area contributed by atoms with E-state index in [1.807, 2.05) is 12.5 Å². The Balaban J connectivity index is 1.45. The first-order chi connectivity index (χ1) is 9.38. The molecule has 1 aromatic heterocycles. The summed E-state index contributed by atoms with van der Waals surface area (Å²) >= 11 is 0. The van der Waals surface area contributed by atoms with Crippen molar-refractivity contribution in [3.05, 3.63) is 54.1 Å². The lowest BCUT2D eigenvalue weighted by Crippen LogP contribution is -2.18. The minimum absolute atomic E-state index is 0.768. The first kappa shape index (κ1) is 12.4. The molecule has 0 radical (unpaired) electrons. The number of hydrogen-bond donors (Lipinski definition) is 1. The predicted molar refractivity (Wildman–Crippen MR) is 76.9 cm³/mol. The summed E-state index contributed by atoms with van der Waals surface area (Å²) in [6.45, 7) is 5.17. The van der Waals surface area contributed by atoms with Crippen LogP contribution in [-0.2, 0) is 13.1 Å². The summed E-state index contributed by atoms with van der Waals surface area (Å²) in [6.07, 6.45) is 5.18. The maximum atomic E-state index is 4.19. The van der Waals surface area contributed by atoms with E-state index in [1.54, 1.807) is 0 Å². The number of hydrogen-bond acceptors (Lipinski definition) is 2. The number of benzene rings is 1. The SMILES string of the molecule is CCn1cncc1CNC[C@@H]1C[C@H]1c1ccccc1. The fourth-order valence-electron chi connectivity index (χ4n) is 2.75. The highest BCUT2D eigenvalue weighted by molar-refractivity contribution is 5.25. The van der Waals surface area contributed by atoms with E-state index >= 15 is 0 Å². The van der Waals surface area contributed by atoms with Crippen molar-refractivity contribution < 1.29 is 0 Å². The van der Waals surface area contributed by atoms with E-state index in [2.05, 4.69) is 52.1 Å². The van der Waals surface area contributed by atoms with E-state index in [-0.39, 0.29) is 0 Å². The van der Waals surface area contributed by atoms with Crippen molar-refractivity contribution in [2.75, 3.05) is 6.54 Å². The summed E-state index contributed by atoms with van der Waals surface area (Å²) in [5.41, 5.74) is 2.77. The molecule has 0 amide bonds. The zero-order chi connectivity index (χ0) is 13.1. The molecular weight excluding hydrogens is 234 g/mol. The number of nitrogens with zero attached hydrogens (tertiary/aromatic N) is 2. The molecule has 2 atom stereocenters. The van der Waals surface area contributed by atoms with Gasteiger partial charge in [-0.1, -0.05) is 30.3 Å². The van der Waals surface area contributed by atoms with Crippen molar-refractivity contribution in [3.8, 4) is 0 Å². The number of imidazole rings is 1. The Morgan fingerprint density at radius 3 is 2.95 bits per heavy atom. The molecule has 3 rings (SSSR count). The quantitative estimate of drug-likeness (QED) is 0.860. The number of aryl methyl sites for hydroxylation is 1. The van der Waals surface area contributed by atoms with Gasteiger partial charge in [0, 0.05) is 19.3 Å². The van der Waals surface area contributed by atoms with Crippen molar-refractivity contribution in [2.24, 2.45) is 5.92 Å². The van der Waals surface area contributed by atoms with Crippen molar-refractivity contribution in [2.45, 2.75) is 32.4 Å². The van der Waals surface area contributed by atoms with Crippen molar-refractivity contribution >= 4 is 0 Å². The van der Waals surface area contributed by atoms with Gasteiger partial charge in [0.1, 0.15) is 0 Å². The lowest BCUT2D eigenvalue weighted by atomic mass is 10.1. The summed E-state index contributed by atoms with van der Waals surface area (Å²) in [4.78, 5) is 4.19. The molecule has 1 heterocycles. The van der Waals surface area contributed by atoms with Gasteiger partial charge in [-0.15, -0.1) is 0 Å². The van der Waals surface area contributed by atoms with Gasteiger partial charge < -0.3 is 9.88 Å². The maximum Gasteiger partial charge on any atom is 0.0948 e. The van der Waals surface area contributed by atoms with Crippen LogP contribution >= 0.6 is 0 Å². The van der Waals surface area contributed by atoms with Crippen LogP contribution in [0.4, 0.5) is 0 Å². The zero-order valence-corrected chi connectivity index (χ0v) is 11.4. The molecule has 3 heteroatoms. The highest BCUT2D eigenvalue weighted by atomic mass is 15.1. The Morgan fingerprint density at radius 1 is 1.32 bits per heavy atom. The molecule has 1 saturated carbocycles. The molecule has 0 aliphatic heterocycles. The summed E-state index contributed by atoms with van der Waals surface area (Å²) < 4.78 is 2.19. The Hall–Kier alpha value is -1.61. The van der Waals surface area contributed by atoms with Gasteiger partial charge in [-0.2, -0.15) is 0 Å². The minimum atomic E-state index is 0.768. The zero-order valence-electron chi connectivity index (χ0n) is 11.4. The lowest BCUT2D eigenvalue weighted by molar-refractivity contribution is 0.594. The smallest absolute Gasteiger partial charge is 0.0948 e. The van der Waals surface area contributed by atoms with Gasteiger partial charge in [0.25, 0.3) is 0 Å². The Kier molecular flexibility index (Phi) is 3.65. The summed E-state index contributed by atoms with van der Waals surface area (Å²) in [6, 6.07) is 10.9. The highest BCUT2D eigenvalue weighted by Crippen LogP contribution is 2.46. The first-order valence-electron chi connectivity index (χ1n) is 7.13. The lowest BCUT2D eigenvalue weighted by Gasteiger charge is -2.07. The van der Waals surface area contributed by atoms with Crippen LogP contribution in [0, 0.1) is 5.92 Å². The number of nitrogens with one attached hydrogen (secondary N) is 1. The van der Waals surface area contributed by atoms with Crippen LogP contribution < -0.4 is 5.32 Å². The molecule has 1 aliphatic carbocycles. The number of aromatic nitrogens is 2. The van der Waals surface area contributed by atoms with E-state index in [0.717, 1.165) is 31.5 Å². The van der Waals surface area contributed by atoms with E-state index in [9.17, 15) is 0 Å². The normalized spacial score (nSPS) is 21.5. The Labute approximate surface area is 114 Å². The fourth-order valence-corrected chi connectivity index (χ4v) is 2.75. The van der Waals surface area contributed by atoms with Gasteiger partial charge in [0.05, 0.1) is 12.0 Å². The third-order valence-corrected chi connectivity index (χ3v) is 4.00. The van der Waals surface area contributed by atoms with E-state index in [0.29, 0.717) is 0 Å². The third kappa shape index (κ3) is 2.87. The third-order valence-electron chi connectivity index (χ3n) is 4.00. The van der Waals surface area contributed by atoms with E-state index in [4.69, 9.17) is 0 Å². The second kappa shape index (κ2) is 5.57. The summed E-state index contributed by atoms with van der Waals surface area (Å²) in [5.74, 6) is 1.57. The van der Waals surface area contributed by atoms with Crippen LogP contribution in [0.1, 0.15) is 30.5 Å². The van der Waals surface area contributed by atoms with Crippen LogP contribution in [0.3, 0.4) is 0 Å². The molecule has 3 nitrogen and oxygen atoms in total. The van der Waals surface area contributed by atoms with Crippen molar-refractivity contribution in [1.82, 2.24) is 14.9 Å². The second-order valence-electron chi connectivity index (χ2n) is 5.31. The van der Waals surface area contributed by atoms with Crippen LogP contribution in [0.25, 0.3) is 0 Å². The van der Waals surface area contributed by atoms with Gasteiger partial charge >= 0.3 is 0 Å². The molecule has 0 spiro atoms. The molecule has 100 valence electrons. The molecule has 0 unspecified atom stereocenters. The van der Waals surface area contributed by atoms with E-state index < -0.39 is 0 Å². The Morgan fingerprint density at radius 2 is 2.16 bits per heavy atom. The van der Waals surface area contributed by atoms with Crippen LogP contribution in [0.15, 0.2) is 42.9 Å². The predicted octanol–water partition coefficient (Wildman–Crippen LogP) is 2.80. The molecular formula is C16H21N3. The largest absolute Gasteiger partial charge is 0.334 e. The Bertz CT molecular complexity index is 518. The monoisotopic (exact) mass is 255 g/mol. The molecule has 1 fully saturated rings. The summed E-state index contributed by atoms with van der Waals surface area (Å²) in [7, 11) is 0. The standard InChI is InChI=1S/C16H21N3/c1-2-19-12-18-11-15(19)10-17-9-14-8-16(14)13-6-4-3-5-7-13/h3-7,11-12,14,16-17H,2,8-10H2,1H3/t14-,16-/m0/s1. The molecule has 0 saturated heterocycles. The molecule has 0 bridgehead atoms. The van der Waals surface area contributed by atoms with Crippen molar-refractivity contribution in [3.63, 3.8) is 0 Å². The topological polar surface area (TPSA) is 29.9 Å². The van der Waals surface area contributed by atoms with Gasteiger partial charge in [0.2, 0.25) is 0 Å². The van der Waals surface area contributed by atoms with Crippen molar-refractivity contribution in [1.29, 1.82) is 0 Å². The number of rotatable bonds is 6. The second-order valence-corrected chi connectivity index (χ2v) is 5.31. The van der Waals surface area contributed by atoms with Gasteiger partial charge in [-0.05, 0) is 37.3 Å². The van der Waals surface area contributed by atoms with Gasteiger partial charge in [-0.3, -0.25) is 0 Å². The first-order valence-corrected chi connectivity index (χ1v) is 7.13. The van der Waals surface area contributed by atoms with Gasteiger partial charge in [0.15, 0.2) is 0 Å². The van der Waals surface area contributed by atoms with E-state index in [1.165, 1.54) is 17.7 Å². The van der Waals surface area contributed by atoms with Gasteiger partial charge in [-0.25, -0.2) is 4.98 Å². The minimum Gasteiger partial charge on any atom is -0.334 e. The average molecular weight is 255 g/mol. The fraction of sp³-hybridized carbons (Fsp3) is 0.438. The summed E-state index contributed by atoms with van der Waals surface area (Å²) in [5, 5.41) is 3.56. The molecule has 2 aromatic rings. The molecule has 1 aromatic carbocycles.